The maximum atomic E-state index is 12.1. The van der Waals surface area contributed by atoms with Gasteiger partial charge in [0.15, 0.2) is 0 Å². The van der Waals surface area contributed by atoms with Gasteiger partial charge in [-0.15, -0.1) is 0 Å². The number of hydrogen-bond donors (Lipinski definition) is 0. The van der Waals surface area contributed by atoms with Gasteiger partial charge in [-0.1, -0.05) is 12.1 Å². The molecule has 2 heterocycles. The van der Waals surface area contributed by atoms with E-state index in [2.05, 4.69) is 4.98 Å². The second-order valence-electron chi connectivity index (χ2n) is 4.70. The van der Waals surface area contributed by atoms with Crippen molar-refractivity contribution in [1.82, 2.24) is 9.88 Å². The molecule has 1 aliphatic rings. The van der Waals surface area contributed by atoms with Gasteiger partial charge < -0.3 is 4.74 Å². The Bertz CT molecular complexity index is 635. The van der Waals surface area contributed by atoms with Crippen molar-refractivity contribution in [2.45, 2.75) is 6.42 Å². The topological polar surface area (TPSA) is 59.5 Å². The summed E-state index contributed by atoms with van der Waals surface area (Å²) in [7, 11) is 0. The Morgan fingerprint density at radius 1 is 1.00 bits per heavy atom. The minimum absolute atomic E-state index is 0.225. The third-order valence-electron chi connectivity index (χ3n) is 3.31. The zero-order valence-corrected chi connectivity index (χ0v) is 11.4. The summed E-state index contributed by atoms with van der Waals surface area (Å²) >= 11 is 0. The van der Waals surface area contributed by atoms with Crippen molar-refractivity contribution in [3.63, 3.8) is 0 Å². The van der Waals surface area contributed by atoms with Gasteiger partial charge in [0.1, 0.15) is 5.75 Å². The van der Waals surface area contributed by atoms with Crippen molar-refractivity contribution < 1.29 is 14.3 Å². The van der Waals surface area contributed by atoms with Crippen molar-refractivity contribution in [3.8, 4) is 5.75 Å². The number of carbonyl (C=O) groups excluding carboxylic acids is 2. The maximum absolute atomic E-state index is 12.1. The molecule has 0 atom stereocenters. The van der Waals surface area contributed by atoms with Crippen molar-refractivity contribution in [1.29, 1.82) is 0 Å². The Hall–Kier alpha value is -2.69. The third-order valence-corrected chi connectivity index (χ3v) is 3.31. The van der Waals surface area contributed by atoms with Crippen LogP contribution < -0.4 is 4.74 Å². The molecular weight excluding hydrogens is 268 g/mol. The first-order valence-electron chi connectivity index (χ1n) is 6.75. The van der Waals surface area contributed by atoms with Gasteiger partial charge in [0.2, 0.25) is 0 Å². The maximum Gasteiger partial charge on any atom is 0.261 e. The van der Waals surface area contributed by atoms with Gasteiger partial charge in [-0.2, -0.15) is 0 Å². The highest BCUT2D eigenvalue weighted by atomic mass is 16.5. The molecule has 2 aromatic rings. The summed E-state index contributed by atoms with van der Waals surface area (Å²) in [5.41, 5.74) is 0.964. The summed E-state index contributed by atoms with van der Waals surface area (Å²) in [6, 6.07) is 10.5. The average molecular weight is 282 g/mol. The molecule has 5 heteroatoms. The number of ether oxygens (including phenoxy) is 1. The molecule has 0 bridgehead atoms. The van der Waals surface area contributed by atoms with Gasteiger partial charge in [-0.3, -0.25) is 19.5 Å². The fourth-order valence-electron chi connectivity index (χ4n) is 2.29. The van der Waals surface area contributed by atoms with Crippen LogP contribution in [-0.4, -0.2) is 34.8 Å². The molecule has 3 rings (SSSR count). The smallest absolute Gasteiger partial charge is 0.261 e. The molecule has 5 nitrogen and oxygen atoms in total. The number of fused-ring (bicyclic) bond motifs is 1. The first-order valence-corrected chi connectivity index (χ1v) is 6.75. The number of rotatable bonds is 5. The normalized spacial score (nSPS) is 13.4. The predicted molar refractivity (Wildman–Crippen MR) is 76.2 cm³/mol. The summed E-state index contributed by atoms with van der Waals surface area (Å²) < 4.78 is 5.50. The Kier molecular flexibility index (Phi) is 3.64. The van der Waals surface area contributed by atoms with Crippen LogP contribution in [0.5, 0.6) is 5.75 Å². The van der Waals surface area contributed by atoms with Crippen LogP contribution in [0.3, 0.4) is 0 Å². The van der Waals surface area contributed by atoms with Crippen LogP contribution in [0, 0.1) is 0 Å². The molecule has 1 aromatic heterocycles. The quantitative estimate of drug-likeness (QED) is 0.623. The van der Waals surface area contributed by atoms with Gasteiger partial charge in [-0.05, 0) is 30.7 Å². The average Bonchev–Trinajstić information content (AvgIpc) is 2.77. The molecule has 0 radical (unpaired) electrons. The van der Waals surface area contributed by atoms with Crippen molar-refractivity contribution in [3.05, 3.63) is 59.9 Å². The molecule has 0 N–H and O–H groups in total. The standard InChI is InChI=1S/C16H14N2O3/c19-15-13-6-1-2-7-14(13)16(20)18(15)9-4-10-21-12-5-3-8-17-11-12/h1-3,5-8,11H,4,9-10H2. The highest BCUT2D eigenvalue weighted by molar-refractivity contribution is 6.21. The van der Waals surface area contributed by atoms with Crippen LogP contribution in [0.4, 0.5) is 0 Å². The molecule has 1 aliphatic heterocycles. The van der Waals surface area contributed by atoms with E-state index in [1.807, 2.05) is 6.07 Å². The van der Waals surface area contributed by atoms with E-state index in [9.17, 15) is 9.59 Å². The Labute approximate surface area is 122 Å². The number of nitrogens with zero attached hydrogens (tertiary/aromatic N) is 2. The second-order valence-corrected chi connectivity index (χ2v) is 4.70. The van der Waals surface area contributed by atoms with Gasteiger partial charge in [0.05, 0.1) is 23.9 Å². The molecular formula is C16H14N2O3. The summed E-state index contributed by atoms with van der Waals surface area (Å²) in [5, 5.41) is 0. The first-order chi connectivity index (χ1) is 10.3. The van der Waals surface area contributed by atoms with E-state index in [1.54, 1.807) is 42.7 Å². The highest BCUT2D eigenvalue weighted by Gasteiger charge is 2.34. The summed E-state index contributed by atoms with van der Waals surface area (Å²) in [6.45, 7) is 0.783. The van der Waals surface area contributed by atoms with Crippen LogP contribution in [0.2, 0.25) is 0 Å². The highest BCUT2D eigenvalue weighted by Crippen LogP contribution is 2.22. The third kappa shape index (κ3) is 2.63. The minimum Gasteiger partial charge on any atom is -0.492 e. The van der Waals surface area contributed by atoms with Gasteiger partial charge in [-0.25, -0.2) is 0 Å². The van der Waals surface area contributed by atoms with Crippen molar-refractivity contribution >= 4 is 11.8 Å². The monoisotopic (exact) mass is 282 g/mol. The molecule has 0 aliphatic carbocycles. The van der Waals surface area contributed by atoms with E-state index >= 15 is 0 Å². The van der Waals surface area contributed by atoms with Crippen molar-refractivity contribution in [2.75, 3.05) is 13.2 Å². The fraction of sp³-hybridized carbons (Fsp3) is 0.188. The molecule has 0 fully saturated rings. The van der Waals surface area contributed by atoms with Crippen LogP contribution in [0.15, 0.2) is 48.8 Å². The van der Waals surface area contributed by atoms with E-state index in [1.165, 1.54) is 4.90 Å². The lowest BCUT2D eigenvalue weighted by Crippen LogP contribution is -2.31. The summed E-state index contributed by atoms with van der Waals surface area (Å²) in [4.78, 5) is 29.5. The minimum atomic E-state index is -0.225. The first kappa shape index (κ1) is 13.3. The van der Waals surface area contributed by atoms with Crippen molar-refractivity contribution in [2.24, 2.45) is 0 Å². The molecule has 1 aromatic carbocycles. The molecule has 106 valence electrons. The lowest BCUT2D eigenvalue weighted by atomic mass is 10.1. The Morgan fingerprint density at radius 2 is 1.71 bits per heavy atom. The van der Waals surface area contributed by atoms with Crippen LogP contribution >= 0.6 is 0 Å². The molecule has 0 saturated heterocycles. The number of carbonyl (C=O) groups is 2. The van der Waals surface area contributed by atoms with E-state index in [4.69, 9.17) is 4.74 Å². The van der Waals surface area contributed by atoms with E-state index < -0.39 is 0 Å². The molecule has 0 saturated carbocycles. The zero-order chi connectivity index (χ0) is 14.7. The number of hydrogen-bond acceptors (Lipinski definition) is 4. The largest absolute Gasteiger partial charge is 0.492 e. The van der Waals surface area contributed by atoms with E-state index in [-0.39, 0.29) is 11.8 Å². The number of amides is 2. The van der Waals surface area contributed by atoms with Crippen LogP contribution in [-0.2, 0) is 0 Å². The second kappa shape index (κ2) is 5.75. The van der Waals surface area contributed by atoms with Gasteiger partial charge in [0, 0.05) is 12.7 Å². The van der Waals surface area contributed by atoms with Gasteiger partial charge >= 0.3 is 0 Å². The van der Waals surface area contributed by atoms with E-state index in [0.29, 0.717) is 36.4 Å². The number of imide groups is 1. The van der Waals surface area contributed by atoms with Crippen LogP contribution in [0.1, 0.15) is 27.1 Å². The molecule has 2 amide bonds. The summed E-state index contributed by atoms with van der Waals surface area (Å²) in [6.07, 6.45) is 3.88. The molecule has 0 spiro atoms. The fourth-order valence-corrected chi connectivity index (χ4v) is 2.29. The number of benzene rings is 1. The number of aromatic nitrogens is 1. The summed E-state index contributed by atoms with van der Waals surface area (Å²) in [5.74, 6) is 0.230. The SMILES string of the molecule is O=C1c2ccccc2C(=O)N1CCCOc1cccnc1. The lowest BCUT2D eigenvalue weighted by Gasteiger charge is -2.13. The number of pyridine rings is 1. The Balaban J connectivity index is 1.55. The van der Waals surface area contributed by atoms with Gasteiger partial charge in [0.25, 0.3) is 11.8 Å². The zero-order valence-electron chi connectivity index (χ0n) is 11.4. The van der Waals surface area contributed by atoms with E-state index in [0.717, 1.165) is 0 Å². The molecule has 0 unspecified atom stereocenters. The molecule has 21 heavy (non-hydrogen) atoms. The predicted octanol–water partition coefficient (Wildman–Crippen LogP) is 2.15. The van der Waals surface area contributed by atoms with Crippen LogP contribution in [0.25, 0.3) is 0 Å². The lowest BCUT2D eigenvalue weighted by molar-refractivity contribution is 0.0647. The Morgan fingerprint density at radius 3 is 2.33 bits per heavy atom.